The van der Waals surface area contributed by atoms with Crippen LogP contribution in [0.15, 0.2) is 40.4 Å². The van der Waals surface area contributed by atoms with E-state index in [1.165, 1.54) is 0 Å². The zero-order valence-electron chi connectivity index (χ0n) is 14.1. The number of amides is 3. The Balaban J connectivity index is 1.58. The number of carbonyl (C=O) groups excluding carboxylic acids is 2. The fraction of sp³-hybridized carbons (Fsp3) is 0.444. The van der Waals surface area contributed by atoms with Crippen LogP contribution in [0, 0.1) is 0 Å². The average molecular weight is 359 g/mol. The topological polar surface area (TPSA) is 70.7 Å². The number of benzene rings is 1. The summed E-state index contributed by atoms with van der Waals surface area (Å²) in [7, 11) is 0. The molecule has 25 heavy (non-hydrogen) atoms. The third-order valence-corrected chi connectivity index (χ3v) is 5.66. The number of nitrogens with one attached hydrogen (secondary N) is 2. The average Bonchev–Trinajstić information content (AvgIpc) is 3.23. The van der Waals surface area contributed by atoms with Crippen LogP contribution < -0.4 is 10.6 Å². The van der Waals surface area contributed by atoms with Crippen LogP contribution in [-0.2, 0) is 9.53 Å². The monoisotopic (exact) mass is 359 g/mol. The molecule has 2 atom stereocenters. The first-order valence-electron chi connectivity index (χ1n) is 8.51. The molecule has 0 radical (unpaired) electrons. The van der Waals surface area contributed by atoms with Gasteiger partial charge >= 0.3 is 6.03 Å². The molecule has 132 valence electrons. The van der Waals surface area contributed by atoms with E-state index < -0.39 is 6.04 Å². The van der Waals surface area contributed by atoms with E-state index >= 15 is 0 Å². The van der Waals surface area contributed by atoms with Crippen molar-refractivity contribution < 1.29 is 14.3 Å². The number of thioether (sulfide) groups is 1. The fourth-order valence-corrected chi connectivity index (χ4v) is 4.06. The fourth-order valence-electron chi connectivity index (χ4n) is 3.66. The Morgan fingerprint density at radius 1 is 1.28 bits per heavy atom. The summed E-state index contributed by atoms with van der Waals surface area (Å²) in [5.41, 5.74) is 2.28. The zero-order chi connectivity index (χ0) is 17.4. The van der Waals surface area contributed by atoms with Gasteiger partial charge in [0, 0.05) is 18.0 Å². The quantitative estimate of drug-likeness (QED) is 0.807. The van der Waals surface area contributed by atoms with E-state index in [2.05, 4.69) is 10.6 Å². The van der Waals surface area contributed by atoms with Crippen LogP contribution in [0.4, 0.5) is 4.79 Å². The first kappa shape index (κ1) is 16.5. The third kappa shape index (κ3) is 3.14. The van der Waals surface area contributed by atoms with Crippen LogP contribution in [0.1, 0.15) is 24.4 Å². The number of urea groups is 1. The Hall–Kier alpha value is -1.99. The predicted octanol–water partition coefficient (Wildman–Crippen LogP) is 2.04. The summed E-state index contributed by atoms with van der Waals surface area (Å²) in [5.74, 6) is -0.0167. The highest BCUT2D eigenvalue weighted by atomic mass is 32.2. The first-order valence-corrected chi connectivity index (χ1v) is 9.73. The summed E-state index contributed by atoms with van der Waals surface area (Å²) in [6.45, 7) is 1.79. The van der Waals surface area contributed by atoms with Crippen molar-refractivity contribution >= 4 is 23.7 Å². The molecule has 1 fully saturated rings. The predicted molar refractivity (Wildman–Crippen MR) is 95.2 cm³/mol. The van der Waals surface area contributed by atoms with Crippen molar-refractivity contribution in [1.29, 1.82) is 0 Å². The van der Waals surface area contributed by atoms with E-state index in [1.54, 1.807) is 16.7 Å². The number of hydrogen-bond donors (Lipinski definition) is 2. The number of hydrogen-bond acceptors (Lipinski definition) is 4. The van der Waals surface area contributed by atoms with Crippen LogP contribution in [-0.4, -0.2) is 48.9 Å². The van der Waals surface area contributed by atoms with E-state index in [9.17, 15) is 9.59 Å². The van der Waals surface area contributed by atoms with E-state index in [0.717, 1.165) is 29.9 Å². The molecule has 6 nitrogen and oxygen atoms in total. The standard InChI is InChI=1S/C18H21N3O3S/c1-25-13-6-4-11(5-7-13)16-15-14(19-18(23)20-16)10-21(17(15)22)9-12-3-2-8-24-12/h4-7,12,16H,2-3,8-10H2,1H3,(H2,19,20,23). The lowest BCUT2D eigenvalue weighted by atomic mass is 9.96. The van der Waals surface area contributed by atoms with Crippen molar-refractivity contribution in [2.45, 2.75) is 29.9 Å². The maximum Gasteiger partial charge on any atom is 0.319 e. The van der Waals surface area contributed by atoms with Gasteiger partial charge in [0.25, 0.3) is 5.91 Å². The minimum absolute atomic E-state index is 0.0167. The van der Waals surface area contributed by atoms with Crippen LogP contribution in [0.2, 0.25) is 0 Å². The van der Waals surface area contributed by atoms with Gasteiger partial charge in [-0.2, -0.15) is 0 Å². The van der Waals surface area contributed by atoms with Crippen molar-refractivity contribution in [1.82, 2.24) is 15.5 Å². The molecule has 2 N–H and O–H groups in total. The lowest BCUT2D eigenvalue weighted by Gasteiger charge is -2.25. The Morgan fingerprint density at radius 3 is 2.76 bits per heavy atom. The van der Waals surface area contributed by atoms with E-state index in [1.807, 2.05) is 30.5 Å². The summed E-state index contributed by atoms with van der Waals surface area (Å²) in [5, 5.41) is 5.70. The summed E-state index contributed by atoms with van der Waals surface area (Å²) >= 11 is 1.66. The molecular weight excluding hydrogens is 338 g/mol. The summed E-state index contributed by atoms with van der Waals surface area (Å²) in [6.07, 6.45) is 4.15. The van der Waals surface area contributed by atoms with Crippen LogP contribution in [0.3, 0.4) is 0 Å². The second-order valence-electron chi connectivity index (χ2n) is 6.52. The number of carbonyl (C=O) groups is 2. The van der Waals surface area contributed by atoms with E-state index in [4.69, 9.17) is 4.74 Å². The van der Waals surface area contributed by atoms with Gasteiger partial charge in [-0.25, -0.2) is 4.79 Å². The Bertz CT molecular complexity index is 726. The van der Waals surface area contributed by atoms with Gasteiger partial charge in [-0.05, 0) is 36.8 Å². The maximum atomic E-state index is 13.0. The Labute approximate surface area is 151 Å². The molecule has 3 aliphatic rings. The summed E-state index contributed by atoms with van der Waals surface area (Å²) in [4.78, 5) is 28.0. The third-order valence-electron chi connectivity index (χ3n) is 4.92. The molecule has 0 saturated carbocycles. The number of nitrogens with zero attached hydrogens (tertiary/aromatic N) is 1. The molecule has 0 aliphatic carbocycles. The Morgan fingerprint density at radius 2 is 2.08 bits per heavy atom. The highest BCUT2D eigenvalue weighted by molar-refractivity contribution is 7.98. The van der Waals surface area contributed by atoms with Gasteiger partial charge in [0.1, 0.15) is 0 Å². The van der Waals surface area contributed by atoms with Crippen molar-refractivity contribution in [3.63, 3.8) is 0 Å². The molecule has 7 heteroatoms. The van der Waals surface area contributed by atoms with E-state index in [0.29, 0.717) is 24.4 Å². The van der Waals surface area contributed by atoms with Crippen LogP contribution >= 0.6 is 11.8 Å². The van der Waals surface area contributed by atoms with Crippen molar-refractivity contribution in [3.8, 4) is 0 Å². The molecule has 3 heterocycles. The molecular formula is C18H21N3O3S. The largest absolute Gasteiger partial charge is 0.376 e. The minimum Gasteiger partial charge on any atom is -0.376 e. The Kier molecular flexibility index (Phi) is 4.43. The molecule has 1 aromatic carbocycles. The molecule has 4 rings (SSSR count). The molecule has 2 unspecified atom stereocenters. The van der Waals surface area contributed by atoms with Gasteiger partial charge in [0.2, 0.25) is 0 Å². The van der Waals surface area contributed by atoms with Gasteiger partial charge in [-0.3, -0.25) is 4.79 Å². The second kappa shape index (κ2) is 6.72. The zero-order valence-corrected chi connectivity index (χ0v) is 14.9. The minimum atomic E-state index is -0.401. The second-order valence-corrected chi connectivity index (χ2v) is 7.40. The van der Waals surface area contributed by atoms with E-state index in [-0.39, 0.29) is 18.0 Å². The van der Waals surface area contributed by atoms with Crippen molar-refractivity contribution in [2.75, 3.05) is 26.0 Å². The lowest BCUT2D eigenvalue weighted by Crippen LogP contribution is -2.44. The highest BCUT2D eigenvalue weighted by Gasteiger charge is 2.41. The summed E-state index contributed by atoms with van der Waals surface area (Å²) < 4.78 is 5.66. The van der Waals surface area contributed by atoms with Gasteiger partial charge in [-0.1, -0.05) is 12.1 Å². The maximum absolute atomic E-state index is 13.0. The molecule has 1 aromatic rings. The number of rotatable bonds is 4. The molecule has 0 aromatic heterocycles. The summed E-state index contributed by atoms with van der Waals surface area (Å²) in [6, 6.07) is 7.31. The SMILES string of the molecule is CSc1ccc(C2NC(=O)NC3=C2C(=O)N(CC2CCCO2)C3)cc1. The molecule has 0 bridgehead atoms. The van der Waals surface area contributed by atoms with Crippen LogP contribution in [0.25, 0.3) is 0 Å². The van der Waals surface area contributed by atoms with Gasteiger partial charge < -0.3 is 20.3 Å². The molecule has 3 aliphatic heterocycles. The highest BCUT2D eigenvalue weighted by Crippen LogP contribution is 2.33. The molecule has 1 saturated heterocycles. The van der Waals surface area contributed by atoms with Crippen molar-refractivity contribution in [2.24, 2.45) is 0 Å². The van der Waals surface area contributed by atoms with Gasteiger partial charge in [-0.15, -0.1) is 11.8 Å². The first-order chi connectivity index (χ1) is 12.2. The van der Waals surface area contributed by atoms with Crippen molar-refractivity contribution in [3.05, 3.63) is 41.1 Å². The van der Waals surface area contributed by atoms with Gasteiger partial charge in [0.15, 0.2) is 0 Å². The molecule has 3 amide bonds. The number of ether oxygens (including phenoxy) is 1. The lowest BCUT2D eigenvalue weighted by molar-refractivity contribution is -0.127. The normalized spacial score (nSPS) is 25.9. The van der Waals surface area contributed by atoms with Crippen LogP contribution in [0.5, 0.6) is 0 Å². The van der Waals surface area contributed by atoms with Gasteiger partial charge in [0.05, 0.1) is 30.0 Å². The molecule has 0 spiro atoms. The smallest absolute Gasteiger partial charge is 0.319 e.